The first-order chi connectivity index (χ1) is 7.24. The minimum absolute atomic E-state index is 0.616. The van der Waals surface area contributed by atoms with Gasteiger partial charge >= 0.3 is 0 Å². The molecule has 1 aliphatic rings. The fraction of sp³-hybridized carbons (Fsp3) is 0.455. The monoisotopic (exact) mass is 229 g/mol. The summed E-state index contributed by atoms with van der Waals surface area (Å²) in [4.78, 5) is 0.662. The molecule has 1 saturated heterocycles. The third-order valence-corrected chi connectivity index (χ3v) is 3.22. The first kappa shape index (κ1) is 10.9. The Morgan fingerprint density at radius 2 is 2.20 bits per heavy atom. The summed E-state index contributed by atoms with van der Waals surface area (Å²) in [5.41, 5.74) is 1.16. The molecule has 15 heavy (non-hydrogen) atoms. The molecular formula is C11H13F2NS. The van der Waals surface area contributed by atoms with Gasteiger partial charge in [-0.2, -0.15) is 8.78 Å². The van der Waals surface area contributed by atoms with Crippen molar-refractivity contribution in [2.75, 3.05) is 13.1 Å². The highest BCUT2D eigenvalue weighted by Gasteiger charge is 2.17. The molecule has 0 atom stereocenters. The van der Waals surface area contributed by atoms with Crippen molar-refractivity contribution in [3.63, 3.8) is 0 Å². The Bertz CT molecular complexity index is 326. The van der Waals surface area contributed by atoms with E-state index in [1.807, 2.05) is 18.2 Å². The molecule has 0 spiro atoms. The standard InChI is InChI=1S/C11H13F2NS/c12-11(13)15-10-3-1-2-8(5-10)4-9-6-14-7-9/h1-3,5,9,11,14H,4,6-7H2. The maximum Gasteiger partial charge on any atom is 0.288 e. The smallest absolute Gasteiger partial charge is 0.288 e. The van der Waals surface area contributed by atoms with Crippen molar-refractivity contribution in [2.45, 2.75) is 17.1 Å². The quantitative estimate of drug-likeness (QED) is 0.797. The normalized spacial score (nSPS) is 16.7. The van der Waals surface area contributed by atoms with Gasteiger partial charge in [0.05, 0.1) is 0 Å². The van der Waals surface area contributed by atoms with E-state index in [0.29, 0.717) is 22.6 Å². The van der Waals surface area contributed by atoms with E-state index >= 15 is 0 Å². The van der Waals surface area contributed by atoms with E-state index in [4.69, 9.17) is 0 Å². The van der Waals surface area contributed by atoms with Crippen LogP contribution in [0.4, 0.5) is 8.78 Å². The fourth-order valence-corrected chi connectivity index (χ4v) is 2.26. The third-order valence-electron chi connectivity index (χ3n) is 2.51. The van der Waals surface area contributed by atoms with E-state index in [-0.39, 0.29) is 0 Å². The Labute approximate surface area is 92.3 Å². The van der Waals surface area contributed by atoms with Crippen LogP contribution in [0.25, 0.3) is 0 Å². The van der Waals surface area contributed by atoms with Crippen molar-refractivity contribution in [1.82, 2.24) is 5.32 Å². The van der Waals surface area contributed by atoms with E-state index in [9.17, 15) is 8.78 Å². The van der Waals surface area contributed by atoms with Crippen LogP contribution in [0.5, 0.6) is 0 Å². The topological polar surface area (TPSA) is 12.0 Å². The van der Waals surface area contributed by atoms with Crippen molar-refractivity contribution in [3.8, 4) is 0 Å². The number of hydrogen-bond donors (Lipinski definition) is 1. The molecule has 2 rings (SSSR count). The van der Waals surface area contributed by atoms with Gasteiger partial charge in [-0.15, -0.1) is 0 Å². The number of halogens is 2. The number of alkyl halides is 2. The van der Waals surface area contributed by atoms with Crippen molar-refractivity contribution in [2.24, 2.45) is 5.92 Å². The van der Waals surface area contributed by atoms with Gasteiger partial charge in [0, 0.05) is 4.90 Å². The van der Waals surface area contributed by atoms with Crippen molar-refractivity contribution < 1.29 is 8.78 Å². The largest absolute Gasteiger partial charge is 0.316 e. The highest BCUT2D eigenvalue weighted by molar-refractivity contribution is 7.99. The van der Waals surface area contributed by atoms with E-state index in [1.165, 1.54) is 0 Å². The van der Waals surface area contributed by atoms with Gasteiger partial charge in [-0.1, -0.05) is 23.9 Å². The van der Waals surface area contributed by atoms with Crippen LogP contribution in [0.2, 0.25) is 0 Å². The third kappa shape index (κ3) is 3.18. The maximum atomic E-state index is 12.1. The summed E-state index contributed by atoms with van der Waals surface area (Å²) in [7, 11) is 0. The molecule has 0 aromatic heterocycles. The van der Waals surface area contributed by atoms with E-state index in [2.05, 4.69) is 5.32 Å². The lowest BCUT2D eigenvalue weighted by atomic mass is 9.94. The Morgan fingerprint density at radius 1 is 1.40 bits per heavy atom. The summed E-state index contributed by atoms with van der Waals surface area (Å²) in [5.74, 6) is -1.65. The summed E-state index contributed by atoms with van der Waals surface area (Å²) in [6.07, 6.45) is 0.991. The zero-order chi connectivity index (χ0) is 10.7. The van der Waals surface area contributed by atoms with Crippen LogP contribution in [-0.4, -0.2) is 18.8 Å². The van der Waals surface area contributed by atoms with Crippen LogP contribution in [-0.2, 0) is 6.42 Å². The van der Waals surface area contributed by atoms with Gasteiger partial charge in [0.2, 0.25) is 0 Å². The average molecular weight is 229 g/mol. The Balaban J connectivity index is 1.98. The van der Waals surface area contributed by atoms with Gasteiger partial charge in [-0.25, -0.2) is 0 Å². The molecule has 1 aromatic carbocycles. The number of nitrogens with one attached hydrogen (secondary N) is 1. The van der Waals surface area contributed by atoms with Crippen LogP contribution >= 0.6 is 11.8 Å². The molecule has 0 bridgehead atoms. The van der Waals surface area contributed by atoms with Crippen LogP contribution in [0, 0.1) is 5.92 Å². The summed E-state index contributed by atoms with van der Waals surface area (Å²) in [5, 5.41) is 3.20. The van der Waals surface area contributed by atoms with Crippen molar-refractivity contribution >= 4 is 11.8 Å². The summed E-state index contributed by atoms with van der Waals surface area (Å²) in [6, 6.07) is 7.47. The second-order valence-electron chi connectivity index (χ2n) is 3.75. The summed E-state index contributed by atoms with van der Waals surface area (Å²) >= 11 is 0.616. The van der Waals surface area contributed by atoms with Gasteiger partial charge in [-0.3, -0.25) is 0 Å². The molecule has 1 nitrogen and oxygen atoms in total. The molecular weight excluding hydrogens is 216 g/mol. The molecule has 1 heterocycles. The number of thioether (sulfide) groups is 1. The molecule has 1 aromatic rings. The molecule has 0 aliphatic carbocycles. The summed E-state index contributed by atoms with van der Waals surface area (Å²) < 4.78 is 24.3. The molecule has 0 unspecified atom stereocenters. The van der Waals surface area contributed by atoms with E-state index in [0.717, 1.165) is 25.1 Å². The van der Waals surface area contributed by atoms with Gasteiger partial charge in [0.25, 0.3) is 5.76 Å². The summed E-state index contributed by atoms with van der Waals surface area (Å²) in [6.45, 7) is 2.10. The van der Waals surface area contributed by atoms with E-state index in [1.54, 1.807) is 6.07 Å². The van der Waals surface area contributed by atoms with Gasteiger partial charge in [0.1, 0.15) is 0 Å². The van der Waals surface area contributed by atoms with Crippen LogP contribution in [0.1, 0.15) is 5.56 Å². The zero-order valence-corrected chi connectivity index (χ0v) is 9.07. The fourth-order valence-electron chi connectivity index (χ4n) is 1.67. The number of benzene rings is 1. The second-order valence-corrected chi connectivity index (χ2v) is 4.82. The lowest BCUT2D eigenvalue weighted by molar-refractivity contribution is 0.252. The predicted molar refractivity (Wildman–Crippen MR) is 58.4 cm³/mol. The number of rotatable bonds is 4. The second kappa shape index (κ2) is 4.94. The Morgan fingerprint density at radius 3 is 2.80 bits per heavy atom. The highest BCUT2D eigenvalue weighted by Crippen LogP contribution is 2.26. The maximum absolute atomic E-state index is 12.1. The predicted octanol–water partition coefficient (Wildman–Crippen LogP) is 2.76. The van der Waals surface area contributed by atoms with Crippen LogP contribution in [0.15, 0.2) is 29.2 Å². The van der Waals surface area contributed by atoms with E-state index < -0.39 is 5.76 Å². The van der Waals surface area contributed by atoms with Crippen LogP contribution < -0.4 is 5.32 Å². The van der Waals surface area contributed by atoms with Crippen molar-refractivity contribution in [3.05, 3.63) is 29.8 Å². The average Bonchev–Trinajstić information content (AvgIpc) is 2.11. The van der Waals surface area contributed by atoms with Crippen molar-refractivity contribution in [1.29, 1.82) is 0 Å². The van der Waals surface area contributed by atoms with Gasteiger partial charge in [-0.05, 0) is 43.1 Å². The highest BCUT2D eigenvalue weighted by atomic mass is 32.2. The first-order valence-corrected chi connectivity index (χ1v) is 5.86. The zero-order valence-electron chi connectivity index (χ0n) is 8.25. The molecule has 82 valence electrons. The molecule has 0 amide bonds. The lowest BCUT2D eigenvalue weighted by Crippen LogP contribution is -2.43. The number of hydrogen-bond acceptors (Lipinski definition) is 2. The first-order valence-electron chi connectivity index (χ1n) is 4.98. The molecule has 4 heteroatoms. The molecule has 1 N–H and O–H groups in total. The molecule has 1 aliphatic heterocycles. The molecule has 1 fully saturated rings. The Kier molecular flexibility index (Phi) is 3.59. The van der Waals surface area contributed by atoms with Gasteiger partial charge < -0.3 is 5.32 Å². The Hall–Kier alpha value is -0.610. The molecule has 0 saturated carbocycles. The molecule has 0 radical (unpaired) electrons. The van der Waals surface area contributed by atoms with Crippen LogP contribution in [0.3, 0.4) is 0 Å². The lowest BCUT2D eigenvalue weighted by Gasteiger charge is -2.27. The minimum atomic E-state index is -2.33. The van der Waals surface area contributed by atoms with Gasteiger partial charge in [0.15, 0.2) is 0 Å². The SMILES string of the molecule is FC(F)Sc1cccc(CC2CNC2)c1. The minimum Gasteiger partial charge on any atom is -0.316 e.